The van der Waals surface area contributed by atoms with Crippen molar-refractivity contribution in [2.45, 2.75) is 245 Å². The fourth-order valence-electron chi connectivity index (χ4n) is 7.10. The standard InChI is InChI=1S/C59H98O6/c1-4-7-10-13-16-19-22-25-27-29-31-34-37-40-43-46-49-52-58(61)64-55-56(54-63-57(60)51-48-45-42-39-36-33-24-21-18-15-12-9-6-3)65-59(62)53-50-47-44-41-38-35-32-30-28-26-23-20-17-14-11-8-5-2/h9,12,15-21,24-28,33,36,56H,4-8,10-11,13-14,22-23,29-32,34-35,37-55H2,1-3H3/b12-9-,18-15-,19-16-,20-17-,24-21-,27-25-,28-26-,36-33-. The number of carbonyl (C=O) groups excluding carboxylic acids is 3. The molecule has 6 nitrogen and oxygen atoms in total. The van der Waals surface area contributed by atoms with E-state index in [-0.39, 0.29) is 31.1 Å². The Kier molecular flexibility index (Phi) is 50.0. The third-order valence-corrected chi connectivity index (χ3v) is 11.1. The normalized spacial score (nSPS) is 12.8. The molecule has 0 aliphatic carbocycles. The first-order chi connectivity index (χ1) is 32.0. The van der Waals surface area contributed by atoms with Gasteiger partial charge in [-0.15, -0.1) is 0 Å². The number of hydrogen-bond donors (Lipinski definition) is 0. The Morgan fingerprint density at radius 1 is 0.338 bits per heavy atom. The van der Waals surface area contributed by atoms with Crippen molar-refractivity contribution in [3.05, 3.63) is 97.2 Å². The molecule has 0 saturated heterocycles. The predicted molar refractivity (Wildman–Crippen MR) is 279 cm³/mol. The molecule has 1 atom stereocenters. The largest absolute Gasteiger partial charge is 0.462 e. The molecule has 65 heavy (non-hydrogen) atoms. The van der Waals surface area contributed by atoms with Crippen LogP contribution in [0.5, 0.6) is 0 Å². The molecule has 0 aliphatic heterocycles. The topological polar surface area (TPSA) is 78.9 Å². The van der Waals surface area contributed by atoms with Gasteiger partial charge in [-0.1, -0.05) is 214 Å². The minimum absolute atomic E-state index is 0.0987. The highest BCUT2D eigenvalue weighted by Crippen LogP contribution is 2.14. The smallest absolute Gasteiger partial charge is 0.306 e. The molecule has 0 rings (SSSR count). The average Bonchev–Trinajstić information content (AvgIpc) is 3.30. The number of esters is 3. The van der Waals surface area contributed by atoms with E-state index in [9.17, 15) is 14.4 Å². The lowest BCUT2D eigenvalue weighted by Crippen LogP contribution is -2.30. The van der Waals surface area contributed by atoms with Gasteiger partial charge in [-0.3, -0.25) is 14.4 Å². The first-order valence-electron chi connectivity index (χ1n) is 26.8. The zero-order valence-corrected chi connectivity index (χ0v) is 42.2. The second-order valence-corrected chi connectivity index (χ2v) is 17.5. The Morgan fingerprint density at radius 3 is 1.08 bits per heavy atom. The summed E-state index contributed by atoms with van der Waals surface area (Å²) in [4.78, 5) is 38.0. The highest BCUT2D eigenvalue weighted by molar-refractivity contribution is 5.71. The van der Waals surface area contributed by atoms with Gasteiger partial charge in [0.05, 0.1) is 0 Å². The third kappa shape index (κ3) is 51.2. The van der Waals surface area contributed by atoms with Crippen LogP contribution in [0.1, 0.15) is 239 Å². The minimum Gasteiger partial charge on any atom is -0.462 e. The van der Waals surface area contributed by atoms with Crippen molar-refractivity contribution in [2.24, 2.45) is 0 Å². The molecular weight excluding hydrogens is 805 g/mol. The van der Waals surface area contributed by atoms with Gasteiger partial charge in [-0.2, -0.15) is 0 Å². The summed E-state index contributed by atoms with van der Waals surface area (Å²) in [5, 5.41) is 0. The van der Waals surface area contributed by atoms with Crippen molar-refractivity contribution in [3.8, 4) is 0 Å². The number of carbonyl (C=O) groups is 3. The number of allylic oxidation sites excluding steroid dienone is 16. The molecule has 0 aromatic heterocycles. The lowest BCUT2D eigenvalue weighted by molar-refractivity contribution is -0.167. The van der Waals surface area contributed by atoms with Gasteiger partial charge in [0.15, 0.2) is 6.10 Å². The Morgan fingerprint density at radius 2 is 0.662 bits per heavy atom. The molecule has 0 aromatic carbocycles. The van der Waals surface area contributed by atoms with Gasteiger partial charge in [0, 0.05) is 19.3 Å². The van der Waals surface area contributed by atoms with Crippen LogP contribution in [-0.2, 0) is 28.6 Å². The molecule has 370 valence electrons. The summed E-state index contributed by atoms with van der Waals surface area (Å²) in [6.07, 6.45) is 69.6. The molecule has 0 heterocycles. The van der Waals surface area contributed by atoms with Gasteiger partial charge in [-0.25, -0.2) is 0 Å². The van der Waals surface area contributed by atoms with E-state index in [0.717, 1.165) is 96.3 Å². The number of unbranched alkanes of at least 4 members (excludes halogenated alkanes) is 23. The molecule has 0 amide bonds. The third-order valence-electron chi connectivity index (χ3n) is 11.1. The lowest BCUT2D eigenvalue weighted by Gasteiger charge is -2.18. The second-order valence-electron chi connectivity index (χ2n) is 17.5. The van der Waals surface area contributed by atoms with E-state index in [0.29, 0.717) is 19.3 Å². The van der Waals surface area contributed by atoms with E-state index in [1.165, 1.54) is 103 Å². The zero-order chi connectivity index (χ0) is 47.2. The summed E-state index contributed by atoms with van der Waals surface area (Å²) in [7, 11) is 0. The van der Waals surface area contributed by atoms with Gasteiger partial charge >= 0.3 is 17.9 Å². The summed E-state index contributed by atoms with van der Waals surface area (Å²) in [5.74, 6) is -0.955. The summed E-state index contributed by atoms with van der Waals surface area (Å²) in [5.41, 5.74) is 0. The van der Waals surface area contributed by atoms with E-state index in [4.69, 9.17) is 14.2 Å². The van der Waals surface area contributed by atoms with Crippen LogP contribution < -0.4 is 0 Å². The van der Waals surface area contributed by atoms with Crippen LogP contribution in [0.3, 0.4) is 0 Å². The van der Waals surface area contributed by atoms with E-state index < -0.39 is 6.10 Å². The zero-order valence-electron chi connectivity index (χ0n) is 42.2. The van der Waals surface area contributed by atoms with Crippen LogP contribution in [0.2, 0.25) is 0 Å². The molecule has 6 heteroatoms. The highest BCUT2D eigenvalue weighted by Gasteiger charge is 2.19. The van der Waals surface area contributed by atoms with Crippen LogP contribution in [0, 0.1) is 0 Å². The lowest BCUT2D eigenvalue weighted by atomic mass is 10.1. The van der Waals surface area contributed by atoms with Crippen molar-refractivity contribution >= 4 is 17.9 Å². The molecule has 0 bridgehead atoms. The maximum Gasteiger partial charge on any atom is 0.306 e. The Balaban J connectivity index is 4.46. The fraction of sp³-hybridized carbons (Fsp3) is 0.678. The van der Waals surface area contributed by atoms with Crippen molar-refractivity contribution in [1.29, 1.82) is 0 Å². The molecular formula is C59H98O6. The SMILES string of the molecule is CC\C=C/C=C\C=C/C=C\CCCCCC(=O)OCC(COC(=O)CCCCCCCCC/C=C\C/C=C\CCCCC)OC(=O)CCCCCCCCC/C=C\C/C=C\CCCCC. The minimum atomic E-state index is -0.802. The van der Waals surface area contributed by atoms with E-state index >= 15 is 0 Å². The maximum atomic E-state index is 12.8. The van der Waals surface area contributed by atoms with Crippen molar-refractivity contribution < 1.29 is 28.6 Å². The first-order valence-corrected chi connectivity index (χ1v) is 26.8. The monoisotopic (exact) mass is 903 g/mol. The first kappa shape index (κ1) is 61.3. The van der Waals surface area contributed by atoms with Crippen LogP contribution in [0.15, 0.2) is 97.2 Å². The summed E-state index contributed by atoms with van der Waals surface area (Å²) < 4.78 is 16.8. The second kappa shape index (κ2) is 52.9. The summed E-state index contributed by atoms with van der Waals surface area (Å²) >= 11 is 0. The Bertz CT molecular complexity index is 1310. The van der Waals surface area contributed by atoms with Crippen LogP contribution in [0.4, 0.5) is 0 Å². The number of ether oxygens (including phenoxy) is 3. The molecule has 0 N–H and O–H groups in total. The maximum absolute atomic E-state index is 12.8. The molecule has 0 spiro atoms. The van der Waals surface area contributed by atoms with Crippen molar-refractivity contribution in [3.63, 3.8) is 0 Å². The number of rotatable bonds is 47. The fourth-order valence-corrected chi connectivity index (χ4v) is 7.10. The van der Waals surface area contributed by atoms with Gasteiger partial charge in [0.25, 0.3) is 0 Å². The van der Waals surface area contributed by atoms with Gasteiger partial charge < -0.3 is 14.2 Å². The van der Waals surface area contributed by atoms with Crippen molar-refractivity contribution in [1.82, 2.24) is 0 Å². The predicted octanol–water partition coefficient (Wildman–Crippen LogP) is 17.8. The molecule has 1 unspecified atom stereocenters. The van der Waals surface area contributed by atoms with Gasteiger partial charge in [-0.05, 0) is 103 Å². The van der Waals surface area contributed by atoms with Gasteiger partial charge in [0.1, 0.15) is 13.2 Å². The van der Waals surface area contributed by atoms with Crippen molar-refractivity contribution in [2.75, 3.05) is 13.2 Å². The Labute approximate surface area is 400 Å². The highest BCUT2D eigenvalue weighted by atomic mass is 16.6. The quantitative estimate of drug-likeness (QED) is 0.0199. The molecule has 0 aliphatic rings. The average molecular weight is 903 g/mol. The van der Waals surface area contributed by atoms with E-state index in [1.807, 2.05) is 36.5 Å². The van der Waals surface area contributed by atoms with Crippen LogP contribution >= 0.6 is 0 Å². The molecule has 0 aromatic rings. The molecule has 0 fully saturated rings. The molecule has 0 radical (unpaired) electrons. The van der Waals surface area contributed by atoms with Crippen LogP contribution in [0.25, 0.3) is 0 Å². The van der Waals surface area contributed by atoms with Gasteiger partial charge in [0.2, 0.25) is 0 Å². The van der Waals surface area contributed by atoms with Crippen LogP contribution in [-0.4, -0.2) is 37.2 Å². The summed E-state index contributed by atoms with van der Waals surface area (Å²) in [6, 6.07) is 0. The number of hydrogen-bond acceptors (Lipinski definition) is 6. The van der Waals surface area contributed by atoms with E-state index in [1.54, 1.807) is 0 Å². The summed E-state index contributed by atoms with van der Waals surface area (Å²) in [6.45, 7) is 6.40. The van der Waals surface area contributed by atoms with E-state index in [2.05, 4.69) is 81.5 Å². The molecule has 0 saturated carbocycles. The Hall–Kier alpha value is -3.67.